The van der Waals surface area contributed by atoms with Crippen LogP contribution in [0.15, 0.2) is 48.7 Å². The lowest BCUT2D eigenvalue weighted by Gasteiger charge is -2.10. The van der Waals surface area contributed by atoms with Crippen LogP contribution >= 0.6 is 11.3 Å². The summed E-state index contributed by atoms with van der Waals surface area (Å²) in [6, 6.07) is 9.27. The number of nitrogens with one attached hydrogen (secondary N) is 1. The average Bonchev–Trinajstić information content (AvgIpc) is 3.18. The minimum Gasteiger partial charge on any atom is -0.493 e. The Labute approximate surface area is 184 Å². The van der Waals surface area contributed by atoms with E-state index in [1.165, 1.54) is 37.6 Å². The van der Waals surface area contributed by atoms with Crippen molar-refractivity contribution < 1.29 is 37.3 Å². The van der Waals surface area contributed by atoms with Crippen LogP contribution in [-0.4, -0.2) is 35.7 Å². The van der Waals surface area contributed by atoms with Gasteiger partial charge in [-0.2, -0.15) is 13.2 Å². The number of nitrogens with zero attached hydrogens (tertiary/aromatic N) is 1. The monoisotopic (exact) mass is 466 g/mol. The van der Waals surface area contributed by atoms with Crippen LogP contribution in [0.25, 0.3) is 0 Å². The van der Waals surface area contributed by atoms with E-state index >= 15 is 0 Å². The van der Waals surface area contributed by atoms with E-state index in [2.05, 4.69) is 10.3 Å². The number of aromatic nitrogens is 1. The van der Waals surface area contributed by atoms with Crippen LogP contribution < -0.4 is 14.8 Å². The number of carbonyl (C=O) groups is 2. The first-order valence-electron chi connectivity index (χ1n) is 9.10. The summed E-state index contributed by atoms with van der Waals surface area (Å²) in [5.74, 6) is -1.29. The van der Waals surface area contributed by atoms with Gasteiger partial charge in [-0.25, -0.2) is 9.78 Å². The third-order valence-electron chi connectivity index (χ3n) is 4.18. The van der Waals surface area contributed by atoms with Crippen molar-refractivity contribution in [1.29, 1.82) is 0 Å². The van der Waals surface area contributed by atoms with E-state index in [0.29, 0.717) is 10.4 Å². The zero-order chi connectivity index (χ0) is 23.3. The van der Waals surface area contributed by atoms with Gasteiger partial charge in [0.2, 0.25) is 0 Å². The highest BCUT2D eigenvalue weighted by atomic mass is 32.1. The molecule has 0 radical (unpaired) electrons. The summed E-state index contributed by atoms with van der Waals surface area (Å²) in [6.07, 6.45) is -2.69. The molecule has 0 saturated heterocycles. The Morgan fingerprint density at radius 3 is 2.62 bits per heavy atom. The molecule has 2 aromatic carbocycles. The molecule has 1 heterocycles. The van der Waals surface area contributed by atoms with E-state index in [0.717, 1.165) is 23.5 Å². The molecule has 0 bridgehead atoms. The average molecular weight is 466 g/mol. The molecule has 0 aliphatic carbocycles. The van der Waals surface area contributed by atoms with Gasteiger partial charge in [-0.3, -0.25) is 10.1 Å². The maximum atomic E-state index is 12.9. The fraction of sp³-hybridized carbons (Fsp3) is 0.190. The molecule has 168 valence electrons. The van der Waals surface area contributed by atoms with E-state index in [9.17, 15) is 22.8 Å². The maximum Gasteiger partial charge on any atom is 0.416 e. The summed E-state index contributed by atoms with van der Waals surface area (Å²) >= 11 is 1.14. The molecule has 7 nitrogen and oxygen atoms in total. The van der Waals surface area contributed by atoms with Gasteiger partial charge in [0.1, 0.15) is 0 Å². The number of carboxylic acid groups (broad SMARTS) is 1. The number of carbonyl (C=O) groups excluding carboxylic acids is 1. The summed E-state index contributed by atoms with van der Waals surface area (Å²) < 4.78 is 48.8. The lowest BCUT2D eigenvalue weighted by atomic mass is 10.1. The van der Waals surface area contributed by atoms with Crippen molar-refractivity contribution in [3.8, 4) is 11.5 Å². The molecule has 0 atom stereocenters. The SMILES string of the molecule is COc1cc(C(=O)Nc2ncc(Cc3cccc(C(F)(F)F)c3)s2)ccc1OCC(=O)O. The molecule has 0 fully saturated rings. The predicted molar refractivity (Wildman–Crippen MR) is 110 cm³/mol. The number of anilines is 1. The standard InChI is InChI=1S/C21H17F3N2O5S/c1-30-17-9-13(5-6-16(17)31-11-18(27)28)19(29)26-20-25-10-15(32-20)8-12-3-2-4-14(7-12)21(22,23)24/h2-7,9-10H,8,11H2,1H3,(H,27,28)(H,25,26,29). The van der Waals surface area contributed by atoms with Gasteiger partial charge in [0.05, 0.1) is 12.7 Å². The van der Waals surface area contributed by atoms with Crippen LogP contribution in [0.1, 0.15) is 26.4 Å². The molecule has 0 saturated carbocycles. The highest BCUT2D eigenvalue weighted by molar-refractivity contribution is 7.15. The number of aliphatic carboxylic acids is 1. The topological polar surface area (TPSA) is 97.8 Å². The van der Waals surface area contributed by atoms with Crippen LogP contribution in [0, 0.1) is 0 Å². The Balaban J connectivity index is 1.67. The number of hydrogen-bond donors (Lipinski definition) is 2. The Morgan fingerprint density at radius 2 is 1.94 bits per heavy atom. The summed E-state index contributed by atoms with van der Waals surface area (Å²) in [5.41, 5.74) is -0.0278. The summed E-state index contributed by atoms with van der Waals surface area (Å²) in [6.45, 7) is -0.560. The van der Waals surface area contributed by atoms with Crippen molar-refractivity contribution in [2.45, 2.75) is 12.6 Å². The van der Waals surface area contributed by atoms with E-state index in [-0.39, 0.29) is 28.6 Å². The molecule has 1 amide bonds. The highest BCUT2D eigenvalue weighted by Gasteiger charge is 2.30. The number of hydrogen-bond acceptors (Lipinski definition) is 6. The number of alkyl halides is 3. The first kappa shape index (κ1) is 23.1. The van der Waals surface area contributed by atoms with Gasteiger partial charge in [-0.1, -0.05) is 18.2 Å². The summed E-state index contributed by atoms with van der Waals surface area (Å²) in [5, 5.41) is 11.6. The minimum atomic E-state index is -4.42. The maximum absolute atomic E-state index is 12.9. The molecule has 3 aromatic rings. The zero-order valence-electron chi connectivity index (χ0n) is 16.6. The van der Waals surface area contributed by atoms with Crippen molar-refractivity contribution in [3.63, 3.8) is 0 Å². The van der Waals surface area contributed by atoms with E-state index in [1.54, 1.807) is 6.07 Å². The molecule has 11 heteroatoms. The number of amides is 1. The van der Waals surface area contributed by atoms with E-state index in [4.69, 9.17) is 14.6 Å². The van der Waals surface area contributed by atoms with Crippen LogP contribution in [-0.2, 0) is 17.4 Å². The quantitative estimate of drug-likeness (QED) is 0.508. The molecule has 0 aliphatic rings. The first-order chi connectivity index (χ1) is 15.2. The Kier molecular flexibility index (Phi) is 6.98. The number of ether oxygens (including phenoxy) is 2. The molecule has 1 aromatic heterocycles. The second kappa shape index (κ2) is 9.69. The first-order valence-corrected chi connectivity index (χ1v) is 9.92. The van der Waals surface area contributed by atoms with Gasteiger partial charge in [0.25, 0.3) is 5.91 Å². The Morgan fingerprint density at radius 1 is 1.16 bits per heavy atom. The zero-order valence-corrected chi connectivity index (χ0v) is 17.4. The normalized spacial score (nSPS) is 11.1. The van der Waals surface area contributed by atoms with Crippen molar-refractivity contribution in [2.75, 3.05) is 19.0 Å². The molecule has 0 spiro atoms. The van der Waals surface area contributed by atoms with Crippen LogP contribution in [0.2, 0.25) is 0 Å². The molecule has 0 unspecified atom stereocenters. The number of benzene rings is 2. The lowest BCUT2D eigenvalue weighted by Crippen LogP contribution is -2.13. The number of carboxylic acids is 1. The molecule has 0 aliphatic heterocycles. The van der Waals surface area contributed by atoms with Crippen LogP contribution in [0.4, 0.5) is 18.3 Å². The van der Waals surface area contributed by atoms with Crippen molar-refractivity contribution in [2.24, 2.45) is 0 Å². The van der Waals surface area contributed by atoms with Crippen molar-refractivity contribution in [3.05, 3.63) is 70.2 Å². The lowest BCUT2D eigenvalue weighted by molar-refractivity contribution is -0.139. The Bertz CT molecular complexity index is 1130. The number of rotatable bonds is 8. The fourth-order valence-electron chi connectivity index (χ4n) is 2.74. The summed E-state index contributed by atoms with van der Waals surface area (Å²) in [4.78, 5) is 27.9. The Hall–Kier alpha value is -3.60. The van der Waals surface area contributed by atoms with Crippen molar-refractivity contribution in [1.82, 2.24) is 4.98 Å². The predicted octanol–water partition coefficient (Wildman–Crippen LogP) is 4.48. The molecule has 32 heavy (non-hydrogen) atoms. The largest absolute Gasteiger partial charge is 0.493 e. The third kappa shape index (κ3) is 5.97. The number of thiazole rings is 1. The second-order valence-electron chi connectivity index (χ2n) is 6.51. The van der Waals surface area contributed by atoms with Gasteiger partial charge < -0.3 is 14.6 Å². The molecule has 3 rings (SSSR count). The number of methoxy groups -OCH3 is 1. The van der Waals surface area contributed by atoms with E-state index in [1.807, 2.05) is 0 Å². The van der Waals surface area contributed by atoms with Gasteiger partial charge >= 0.3 is 12.1 Å². The fourth-order valence-corrected chi connectivity index (χ4v) is 3.58. The highest BCUT2D eigenvalue weighted by Crippen LogP contribution is 2.31. The third-order valence-corrected chi connectivity index (χ3v) is 5.10. The van der Waals surface area contributed by atoms with Crippen molar-refractivity contribution >= 4 is 28.3 Å². The van der Waals surface area contributed by atoms with Gasteiger partial charge in [0, 0.05) is 23.1 Å². The molecular weight excluding hydrogens is 449 g/mol. The summed E-state index contributed by atoms with van der Waals surface area (Å²) in [7, 11) is 1.35. The van der Waals surface area contributed by atoms with Gasteiger partial charge in [-0.05, 0) is 29.8 Å². The van der Waals surface area contributed by atoms with Gasteiger partial charge in [0.15, 0.2) is 23.2 Å². The number of halogens is 3. The second-order valence-corrected chi connectivity index (χ2v) is 7.62. The van der Waals surface area contributed by atoms with Crippen LogP contribution in [0.3, 0.4) is 0 Å². The molecular formula is C21H17F3N2O5S. The van der Waals surface area contributed by atoms with Crippen LogP contribution in [0.5, 0.6) is 11.5 Å². The minimum absolute atomic E-state index is 0.170. The smallest absolute Gasteiger partial charge is 0.416 e. The molecule has 2 N–H and O–H groups in total. The van der Waals surface area contributed by atoms with E-state index < -0.39 is 30.2 Å². The van der Waals surface area contributed by atoms with Gasteiger partial charge in [-0.15, -0.1) is 11.3 Å².